The molecule has 1 amide bonds. The molecule has 0 bridgehead atoms. The Balaban J connectivity index is 2.63. The standard InChI is InChI=1S/C15H24FN3O2/c1-10(18-14(20)21-15(2,3)4)13(9-17)19-12-8-6-5-7-11(12)16/h5-8,10,13,19H,9,17H2,1-4H3,(H,18,20). The molecule has 2 unspecified atom stereocenters. The molecule has 0 heterocycles. The number of nitrogens with one attached hydrogen (secondary N) is 2. The first-order valence-corrected chi connectivity index (χ1v) is 6.93. The van der Waals surface area contributed by atoms with E-state index in [-0.39, 0.29) is 24.4 Å². The van der Waals surface area contributed by atoms with Crippen molar-refractivity contribution in [2.24, 2.45) is 5.73 Å². The van der Waals surface area contributed by atoms with E-state index in [0.29, 0.717) is 5.69 Å². The van der Waals surface area contributed by atoms with Crippen LogP contribution in [-0.4, -0.2) is 30.3 Å². The fourth-order valence-corrected chi connectivity index (χ4v) is 1.76. The molecule has 0 fully saturated rings. The van der Waals surface area contributed by atoms with Crippen molar-refractivity contribution in [1.82, 2.24) is 5.32 Å². The first-order valence-electron chi connectivity index (χ1n) is 6.93. The summed E-state index contributed by atoms with van der Waals surface area (Å²) >= 11 is 0. The summed E-state index contributed by atoms with van der Waals surface area (Å²) in [4.78, 5) is 11.7. The van der Waals surface area contributed by atoms with E-state index in [4.69, 9.17) is 10.5 Å². The Bertz CT molecular complexity index is 474. The third kappa shape index (κ3) is 5.99. The molecule has 0 saturated heterocycles. The van der Waals surface area contributed by atoms with Gasteiger partial charge in [-0.25, -0.2) is 9.18 Å². The number of rotatable bonds is 5. The highest BCUT2D eigenvalue weighted by atomic mass is 19.1. The number of nitrogens with two attached hydrogens (primary N) is 1. The molecule has 1 aromatic rings. The summed E-state index contributed by atoms with van der Waals surface area (Å²) in [6, 6.07) is 5.70. The lowest BCUT2D eigenvalue weighted by Crippen LogP contribution is -2.49. The summed E-state index contributed by atoms with van der Waals surface area (Å²) in [5, 5.41) is 5.70. The van der Waals surface area contributed by atoms with Crippen LogP contribution in [0, 0.1) is 5.82 Å². The van der Waals surface area contributed by atoms with Gasteiger partial charge in [0.25, 0.3) is 0 Å². The SMILES string of the molecule is CC(NC(=O)OC(C)(C)C)C(CN)Nc1ccccc1F. The molecule has 1 aromatic carbocycles. The zero-order chi connectivity index (χ0) is 16.0. The van der Waals surface area contributed by atoms with Gasteiger partial charge in [0.1, 0.15) is 11.4 Å². The Kier molecular flexibility index (Phi) is 5.96. The Hall–Kier alpha value is -1.82. The fraction of sp³-hybridized carbons (Fsp3) is 0.533. The van der Waals surface area contributed by atoms with Crippen molar-refractivity contribution in [2.75, 3.05) is 11.9 Å². The van der Waals surface area contributed by atoms with Crippen molar-refractivity contribution in [1.29, 1.82) is 0 Å². The lowest BCUT2D eigenvalue weighted by Gasteiger charge is -2.27. The molecule has 5 nitrogen and oxygen atoms in total. The van der Waals surface area contributed by atoms with Crippen LogP contribution in [0.3, 0.4) is 0 Å². The summed E-state index contributed by atoms with van der Waals surface area (Å²) in [7, 11) is 0. The monoisotopic (exact) mass is 297 g/mol. The number of benzene rings is 1. The van der Waals surface area contributed by atoms with E-state index in [1.54, 1.807) is 45.9 Å². The highest BCUT2D eigenvalue weighted by molar-refractivity contribution is 5.68. The minimum Gasteiger partial charge on any atom is -0.444 e. The van der Waals surface area contributed by atoms with Gasteiger partial charge in [0.15, 0.2) is 0 Å². The fourth-order valence-electron chi connectivity index (χ4n) is 1.76. The zero-order valence-electron chi connectivity index (χ0n) is 12.9. The van der Waals surface area contributed by atoms with Crippen LogP contribution >= 0.6 is 0 Å². The Morgan fingerprint density at radius 2 is 2.00 bits per heavy atom. The van der Waals surface area contributed by atoms with Gasteiger partial charge in [-0.3, -0.25) is 0 Å². The molecule has 0 radical (unpaired) electrons. The predicted molar refractivity (Wildman–Crippen MR) is 81.7 cm³/mol. The highest BCUT2D eigenvalue weighted by Crippen LogP contribution is 2.15. The van der Waals surface area contributed by atoms with Crippen LogP contribution < -0.4 is 16.4 Å². The average Bonchev–Trinajstić information content (AvgIpc) is 2.35. The molecular formula is C15H24FN3O2. The van der Waals surface area contributed by atoms with Crippen molar-refractivity contribution < 1.29 is 13.9 Å². The summed E-state index contributed by atoms with van der Waals surface area (Å²) < 4.78 is 18.8. The van der Waals surface area contributed by atoms with Crippen LogP contribution in [0.25, 0.3) is 0 Å². The van der Waals surface area contributed by atoms with Gasteiger partial charge >= 0.3 is 6.09 Å². The maximum Gasteiger partial charge on any atom is 0.407 e. The molecule has 6 heteroatoms. The number of amides is 1. The Morgan fingerprint density at radius 3 is 2.52 bits per heavy atom. The van der Waals surface area contributed by atoms with Crippen molar-refractivity contribution in [3.05, 3.63) is 30.1 Å². The number of anilines is 1. The first-order chi connectivity index (χ1) is 9.73. The number of hydrogen-bond acceptors (Lipinski definition) is 4. The van der Waals surface area contributed by atoms with E-state index in [1.165, 1.54) is 6.07 Å². The van der Waals surface area contributed by atoms with Gasteiger partial charge in [-0.1, -0.05) is 12.1 Å². The number of ether oxygens (including phenoxy) is 1. The van der Waals surface area contributed by atoms with E-state index in [9.17, 15) is 9.18 Å². The molecule has 4 N–H and O–H groups in total. The van der Waals surface area contributed by atoms with E-state index in [0.717, 1.165) is 0 Å². The minimum absolute atomic E-state index is 0.241. The van der Waals surface area contributed by atoms with Gasteiger partial charge in [0.05, 0.1) is 17.8 Å². The highest BCUT2D eigenvalue weighted by Gasteiger charge is 2.22. The normalized spacial score (nSPS) is 14.2. The molecule has 2 atom stereocenters. The molecule has 21 heavy (non-hydrogen) atoms. The third-order valence-electron chi connectivity index (χ3n) is 2.82. The average molecular weight is 297 g/mol. The Labute approximate surface area is 125 Å². The quantitative estimate of drug-likeness (QED) is 0.780. The molecule has 0 aliphatic heterocycles. The summed E-state index contributed by atoms with van der Waals surface area (Å²) in [5.41, 5.74) is 5.48. The van der Waals surface area contributed by atoms with Gasteiger partial charge < -0.3 is 21.1 Å². The molecule has 0 spiro atoms. The summed E-state index contributed by atoms with van der Waals surface area (Å²) in [6.45, 7) is 7.39. The largest absolute Gasteiger partial charge is 0.444 e. The second kappa shape index (κ2) is 7.26. The van der Waals surface area contributed by atoms with Crippen LogP contribution in [0.2, 0.25) is 0 Å². The van der Waals surface area contributed by atoms with E-state index in [2.05, 4.69) is 10.6 Å². The van der Waals surface area contributed by atoms with Gasteiger partial charge in [-0.15, -0.1) is 0 Å². The molecule has 0 aliphatic carbocycles. The summed E-state index contributed by atoms with van der Waals surface area (Å²) in [5.74, 6) is -0.361. The number of alkyl carbamates (subject to hydrolysis) is 1. The number of carbonyl (C=O) groups excluding carboxylic acids is 1. The number of para-hydroxylation sites is 1. The predicted octanol–water partition coefficient (Wildman–Crippen LogP) is 2.48. The lowest BCUT2D eigenvalue weighted by atomic mass is 10.1. The molecular weight excluding hydrogens is 273 g/mol. The van der Waals surface area contributed by atoms with Gasteiger partial charge in [0.2, 0.25) is 0 Å². The van der Waals surface area contributed by atoms with Gasteiger partial charge in [-0.2, -0.15) is 0 Å². The van der Waals surface area contributed by atoms with Crippen LogP contribution in [0.15, 0.2) is 24.3 Å². The smallest absolute Gasteiger partial charge is 0.407 e. The zero-order valence-corrected chi connectivity index (χ0v) is 12.9. The second-order valence-electron chi connectivity index (χ2n) is 5.90. The third-order valence-corrected chi connectivity index (χ3v) is 2.82. The van der Waals surface area contributed by atoms with Crippen molar-refractivity contribution in [3.63, 3.8) is 0 Å². The van der Waals surface area contributed by atoms with Crippen molar-refractivity contribution in [2.45, 2.75) is 45.4 Å². The lowest BCUT2D eigenvalue weighted by molar-refractivity contribution is 0.0504. The minimum atomic E-state index is -0.568. The van der Waals surface area contributed by atoms with Crippen molar-refractivity contribution >= 4 is 11.8 Å². The molecule has 1 rings (SSSR count). The number of halogens is 1. The first kappa shape index (κ1) is 17.2. The number of carbonyl (C=O) groups is 1. The van der Waals surface area contributed by atoms with E-state index >= 15 is 0 Å². The molecule has 118 valence electrons. The van der Waals surface area contributed by atoms with Gasteiger partial charge in [0, 0.05) is 6.54 Å². The van der Waals surface area contributed by atoms with E-state index < -0.39 is 11.7 Å². The maximum atomic E-state index is 13.6. The van der Waals surface area contributed by atoms with Gasteiger partial charge in [-0.05, 0) is 39.8 Å². The molecule has 0 aromatic heterocycles. The van der Waals surface area contributed by atoms with Crippen molar-refractivity contribution in [3.8, 4) is 0 Å². The Morgan fingerprint density at radius 1 is 1.38 bits per heavy atom. The number of hydrogen-bond donors (Lipinski definition) is 3. The maximum absolute atomic E-state index is 13.6. The second-order valence-corrected chi connectivity index (χ2v) is 5.90. The van der Waals surface area contributed by atoms with E-state index in [1.807, 2.05) is 0 Å². The molecule has 0 aliphatic rings. The van der Waals surface area contributed by atoms with Crippen LogP contribution in [0.1, 0.15) is 27.7 Å². The van der Waals surface area contributed by atoms with Crippen LogP contribution in [-0.2, 0) is 4.74 Å². The topological polar surface area (TPSA) is 76.4 Å². The van der Waals surface area contributed by atoms with Crippen LogP contribution in [0.4, 0.5) is 14.9 Å². The van der Waals surface area contributed by atoms with Crippen LogP contribution in [0.5, 0.6) is 0 Å². The summed E-state index contributed by atoms with van der Waals surface area (Å²) in [6.07, 6.45) is -0.524. The molecule has 0 saturated carbocycles.